The molecule has 2 saturated heterocycles. The van der Waals surface area contributed by atoms with Gasteiger partial charge in [-0.15, -0.1) is 11.3 Å². The van der Waals surface area contributed by atoms with Crippen molar-refractivity contribution in [3.8, 4) is 0 Å². The van der Waals surface area contributed by atoms with Crippen molar-refractivity contribution in [2.24, 2.45) is 0 Å². The van der Waals surface area contributed by atoms with E-state index in [1.54, 1.807) is 0 Å². The molecule has 0 spiro atoms. The Morgan fingerprint density at radius 3 is 2.45 bits per heavy atom. The van der Waals surface area contributed by atoms with Crippen molar-refractivity contribution in [3.63, 3.8) is 0 Å². The Morgan fingerprint density at radius 2 is 1.62 bits per heavy atom. The van der Waals surface area contributed by atoms with Gasteiger partial charge in [0.25, 0.3) is 0 Å². The number of anilines is 2. The molecule has 3 aromatic rings. The first-order chi connectivity index (χ1) is 14.3. The first kappa shape index (κ1) is 18.5. The molecule has 2 fully saturated rings. The molecular weight excluding hydrogens is 380 g/mol. The monoisotopic (exact) mass is 406 g/mol. The fraction of sp³-hybridized carbons (Fsp3) is 0.348. The molecule has 3 heterocycles. The number of rotatable bonds is 5. The van der Waals surface area contributed by atoms with Gasteiger partial charge in [-0.2, -0.15) is 0 Å². The van der Waals surface area contributed by atoms with E-state index in [0.717, 1.165) is 58.0 Å². The highest BCUT2D eigenvalue weighted by Crippen LogP contribution is 2.32. The van der Waals surface area contributed by atoms with E-state index in [0.29, 0.717) is 0 Å². The Balaban J connectivity index is 1.14. The number of thiophene rings is 1. The number of carbonyl (C=O) groups excluding carboxylic acids is 1. The van der Waals surface area contributed by atoms with Crippen molar-refractivity contribution in [1.82, 2.24) is 9.80 Å². The number of carbonyl (C=O) groups is 1. The molecule has 2 aliphatic heterocycles. The van der Waals surface area contributed by atoms with Crippen LogP contribution in [0.3, 0.4) is 0 Å². The quantitative estimate of drug-likeness (QED) is 0.642. The zero-order valence-electron chi connectivity index (χ0n) is 16.5. The average molecular weight is 407 g/mol. The highest BCUT2D eigenvalue weighted by Gasteiger charge is 2.29. The normalized spacial score (nSPS) is 18.2. The zero-order chi connectivity index (χ0) is 19.6. The van der Waals surface area contributed by atoms with E-state index in [2.05, 4.69) is 39.4 Å². The van der Waals surface area contributed by atoms with E-state index >= 15 is 0 Å². The Labute approximate surface area is 175 Å². The summed E-state index contributed by atoms with van der Waals surface area (Å²) < 4.78 is 1.39. The number of hydrogen-bond donors (Lipinski definition) is 0. The van der Waals surface area contributed by atoms with Crippen molar-refractivity contribution in [3.05, 3.63) is 60.0 Å². The van der Waals surface area contributed by atoms with Crippen molar-refractivity contribution >= 4 is 38.8 Å². The molecule has 0 unspecified atom stereocenters. The topological polar surface area (TPSA) is 30.0 Å². The number of hydrogen-bond acceptors (Lipinski definition) is 4. The van der Waals surface area contributed by atoms with E-state index in [4.69, 9.17) is 0 Å². The number of urea groups is 1. The number of amides is 2. The van der Waals surface area contributed by atoms with Crippen molar-refractivity contribution < 1.29 is 4.79 Å². The minimum absolute atomic E-state index is 0.138. The maximum Gasteiger partial charge on any atom is 0.324 e. The van der Waals surface area contributed by atoms with Crippen LogP contribution in [0.15, 0.2) is 60.0 Å². The second-order valence-corrected chi connectivity index (χ2v) is 8.62. The lowest BCUT2D eigenvalue weighted by molar-refractivity contribution is 0.199. The van der Waals surface area contributed by atoms with Crippen molar-refractivity contribution in [2.45, 2.75) is 0 Å². The molecule has 2 aliphatic rings. The summed E-state index contributed by atoms with van der Waals surface area (Å²) in [5.74, 6) is 0. The van der Waals surface area contributed by atoms with Crippen LogP contribution in [0, 0.1) is 0 Å². The van der Waals surface area contributed by atoms with Crippen LogP contribution in [-0.2, 0) is 0 Å². The van der Waals surface area contributed by atoms with Gasteiger partial charge in [-0.05, 0) is 35.0 Å². The van der Waals surface area contributed by atoms with Gasteiger partial charge in [0.05, 0.1) is 10.4 Å². The predicted octanol–water partition coefficient (Wildman–Crippen LogP) is 3.97. The smallest absolute Gasteiger partial charge is 0.324 e. The predicted molar refractivity (Wildman–Crippen MR) is 121 cm³/mol. The fourth-order valence-electron chi connectivity index (χ4n) is 4.34. The summed E-state index contributed by atoms with van der Waals surface area (Å²) in [6, 6.07) is 18.9. The van der Waals surface area contributed by atoms with E-state index in [-0.39, 0.29) is 6.03 Å². The molecule has 5 rings (SSSR count). The summed E-state index contributed by atoms with van der Waals surface area (Å²) in [4.78, 5) is 21.6. The second-order valence-electron chi connectivity index (χ2n) is 7.70. The van der Waals surface area contributed by atoms with Crippen molar-refractivity contribution in [1.29, 1.82) is 0 Å². The molecule has 0 atom stereocenters. The Hall–Kier alpha value is -2.57. The van der Waals surface area contributed by atoms with Crippen LogP contribution >= 0.6 is 11.3 Å². The minimum atomic E-state index is 0.138. The van der Waals surface area contributed by atoms with Gasteiger partial charge in [0.2, 0.25) is 0 Å². The maximum absolute atomic E-state index is 12.7. The first-order valence-corrected chi connectivity index (χ1v) is 11.2. The lowest BCUT2D eigenvalue weighted by atomic mass is 10.2. The van der Waals surface area contributed by atoms with Crippen molar-refractivity contribution in [2.75, 3.05) is 62.2 Å². The van der Waals surface area contributed by atoms with E-state index in [9.17, 15) is 4.79 Å². The summed E-state index contributed by atoms with van der Waals surface area (Å²) in [5.41, 5.74) is 2.36. The Morgan fingerprint density at radius 1 is 0.793 bits per heavy atom. The van der Waals surface area contributed by atoms with Gasteiger partial charge in [0.15, 0.2) is 0 Å². The second kappa shape index (κ2) is 8.05. The highest BCUT2D eigenvalue weighted by atomic mass is 32.1. The lowest BCUT2D eigenvalue weighted by Gasteiger charge is -2.36. The molecule has 150 valence electrons. The molecule has 0 radical (unpaired) electrons. The average Bonchev–Trinajstić information content (AvgIpc) is 3.40. The fourth-order valence-corrected chi connectivity index (χ4v) is 5.28. The highest BCUT2D eigenvalue weighted by molar-refractivity contribution is 7.17. The molecular formula is C23H26N4OS. The number of piperazine rings is 1. The number of benzene rings is 2. The zero-order valence-corrected chi connectivity index (χ0v) is 17.4. The van der Waals surface area contributed by atoms with Gasteiger partial charge < -0.3 is 9.80 Å². The largest absolute Gasteiger partial charge is 0.368 e. The third-order valence-corrected chi connectivity index (χ3v) is 6.97. The van der Waals surface area contributed by atoms with Gasteiger partial charge in [0, 0.05) is 58.0 Å². The minimum Gasteiger partial charge on any atom is -0.368 e. The Kier molecular flexibility index (Phi) is 5.12. The summed E-state index contributed by atoms with van der Waals surface area (Å²) in [6.45, 7) is 7.53. The van der Waals surface area contributed by atoms with Crippen LogP contribution in [0.25, 0.3) is 10.1 Å². The van der Waals surface area contributed by atoms with E-state index < -0.39 is 0 Å². The summed E-state index contributed by atoms with van der Waals surface area (Å²) in [6.07, 6.45) is 0. The molecule has 5 nitrogen and oxygen atoms in total. The third kappa shape index (κ3) is 3.70. The van der Waals surface area contributed by atoms with Crippen LogP contribution in [-0.4, -0.2) is 68.2 Å². The summed E-state index contributed by atoms with van der Waals surface area (Å²) in [5, 5.41) is 3.52. The Bertz CT molecular complexity index is 981. The van der Waals surface area contributed by atoms with Gasteiger partial charge >= 0.3 is 6.03 Å². The molecule has 0 saturated carbocycles. The standard InChI is InChI=1S/C23H26N4OS/c28-23-26(16-17-27(23)20-6-2-1-3-7-20)15-12-24-10-13-25(14-11-24)21-8-4-5-19-9-18-29-22(19)21/h1-9,18H,10-17H2. The maximum atomic E-state index is 12.7. The molecule has 0 bridgehead atoms. The SMILES string of the molecule is O=C1N(CCN2CCN(c3cccc4ccsc34)CC2)CCN1c1ccccc1. The molecule has 2 aromatic carbocycles. The molecule has 2 amide bonds. The van der Waals surface area contributed by atoms with Gasteiger partial charge in [-0.3, -0.25) is 9.80 Å². The molecule has 6 heteroatoms. The number of nitrogens with zero attached hydrogens (tertiary/aromatic N) is 4. The lowest BCUT2D eigenvalue weighted by Crippen LogP contribution is -2.48. The third-order valence-electron chi connectivity index (χ3n) is 6.02. The van der Waals surface area contributed by atoms with Gasteiger partial charge in [-0.1, -0.05) is 30.3 Å². The molecule has 1 aromatic heterocycles. The van der Waals surface area contributed by atoms with E-state index in [1.807, 2.05) is 51.5 Å². The van der Waals surface area contributed by atoms with Gasteiger partial charge in [-0.25, -0.2) is 4.79 Å². The van der Waals surface area contributed by atoms with Crippen LogP contribution in [0.4, 0.5) is 16.2 Å². The first-order valence-electron chi connectivity index (χ1n) is 10.3. The number of para-hydroxylation sites is 1. The summed E-state index contributed by atoms with van der Waals surface area (Å²) >= 11 is 1.83. The molecule has 0 aliphatic carbocycles. The van der Waals surface area contributed by atoms with Crippen LogP contribution in [0.1, 0.15) is 0 Å². The van der Waals surface area contributed by atoms with Crippen LogP contribution in [0.2, 0.25) is 0 Å². The summed E-state index contributed by atoms with van der Waals surface area (Å²) in [7, 11) is 0. The van der Waals surface area contributed by atoms with Gasteiger partial charge in [0.1, 0.15) is 0 Å². The van der Waals surface area contributed by atoms with Crippen LogP contribution < -0.4 is 9.80 Å². The van der Waals surface area contributed by atoms with Crippen LogP contribution in [0.5, 0.6) is 0 Å². The van der Waals surface area contributed by atoms with E-state index in [1.165, 1.54) is 15.8 Å². The number of fused-ring (bicyclic) bond motifs is 1. The molecule has 29 heavy (non-hydrogen) atoms. The molecule has 0 N–H and O–H groups in total.